The molecule has 8 heteroatoms. The van der Waals surface area contributed by atoms with Crippen LogP contribution in [0.4, 0.5) is 11.4 Å². The van der Waals surface area contributed by atoms with Gasteiger partial charge in [-0.15, -0.1) is 0 Å². The van der Waals surface area contributed by atoms with Gasteiger partial charge in [-0.3, -0.25) is 9.10 Å². The van der Waals surface area contributed by atoms with Crippen LogP contribution in [0.3, 0.4) is 0 Å². The molecule has 1 fully saturated rings. The first-order valence-electron chi connectivity index (χ1n) is 7.69. The maximum atomic E-state index is 12.2. The fourth-order valence-corrected chi connectivity index (χ4v) is 4.65. The number of nitrogens with one attached hydrogen (secondary N) is 1. The molecule has 0 aromatic heterocycles. The van der Waals surface area contributed by atoms with E-state index in [0.717, 1.165) is 5.56 Å². The van der Waals surface area contributed by atoms with E-state index in [1.165, 1.54) is 4.31 Å². The normalized spacial score (nSPS) is 16.0. The molecule has 25 heavy (non-hydrogen) atoms. The number of carbonyl (C=O) groups is 1. The highest BCUT2D eigenvalue weighted by Crippen LogP contribution is 2.33. The molecule has 2 aromatic rings. The molecule has 1 heterocycles. The Hall–Kier alpha value is -1.76. The van der Waals surface area contributed by atoms with Gasteiger partial charge in [0.25, 0.3) is 0 Å². The average Bonchev–Trinajstić information content (AvgIpc) is 2.90. The van der Waals surface area contributed by atoms with E-state index in [9.17, 15) is 13.2 Å². The van der Waals surface area contributed by atoms with Crippen LogP contribution in [-0.4, -0.2) is 26.6 Å². The van der Waals surface area contributed by atoms with Crippen molar-refractivity contribution in [2.24, 2.45) is 0 Å². The van der Waals surface area contributed by atoms with Crippen LogP contribution in [0.1, 0.15) is 12.0 Å². The number of nitrogens with zero attached hydrogens (tertiary/aromatic N) is 1. The smallest absolute Gasteiger partial charge is 0.235 e. The predicted octanol–water partition coefficient (Wildman–Crippen LogP) is 3.71. The molecule has 1 N–H and O–H groups in total. The summed E-state index contributed by atoms with van der Waals surface area (Å²) in [6.45, 7) is 0.393. The molecule has 1 aliphatic heterocycles. The lowest BCUT2D eigenvalue weighted by Gasteiger charge is -2.19. The maximum Gasteiger partial charge on any atom is 0.235 e. The number of hydrogen-bond acceptors (Lipinski definition) is 3. The Morgan fingerprint density at radius 3 is 2.48 bits per heavy atom. The Morgan fingerprint density at radius 2 is 1.84 bits per heavy atom. The molecule has 132 valence electrons. The molecule has 0 atom stereocenters. The zero-order valence-electron chi connectivity index (χ0n) is 13.2. The van der Waals surface area contributed by atoms with Gasteiger partial charge in [-0.05, 0) is 42.3 Å². The van der Waals surface area contributed by atoms with Crippen molar-refractivity contribution >= 4 is 50.5 Å². The van der Waals surface area contributed by atoms with Crippen LogP contribution < -0.4 is 9.62 Å². The number of amides is 1. The highest BCUT2D eigenvalue weighted by atomic mass is 35.5. The largest absolute Gasteiger partial charge is 0.326 e. The molecule has 2 aromatic carbocycles. The minimum Gasteiger partial charge on any atom is -0.326 e. The van der Waals surface area contributed by atoms with E-state index in [0.29, 0.717) is 34.4 Å². The van der Waals surface area contributed by atoms with Gasteiger partial charge >= 0.3 is 0 Å². The van der Waals surface area contributed by atoms with Gasteiger partial charge in [-0.25, -0.2) is 8.42 Å². The quantitative estimate of drug-likeness (QED) is 0.853. The summed E-state index contributed by atoms with van der Waals surface area (Å²) in [7, 11) is -3.34. The summed E-state index contributed by atoms with van der Waals surface area (Å²) >= 11 is 12.0. The van der Waals surface area contributed by atoms with Crippen LogP contribution >= 0.6 is 23.2 Å². The van der Waals surface area contributed by atoms with Gasteiger partial charge in [-0.1, -0.05) is 35.3 Å². The van der Waals surface area contributed by atoms with Gasteiger partial charge in [0.1, 0.15) is 0 Å². The fraction of sp³-hybridized carbons (Fsp3) is 0.235. The first-order chi connectivity index (χ1) is 11.8. The molecule has 5 nitrogen and oxygen atoms in total. The molecule has 0 aliphatic carbocycles. The van der Waals surface area contributed by atoms with E-state index < -0.39 is 10.0 Å². The van der Waals surface area contributed by atoms with E-state index in [1.54, 1.807) is 42.5 Å². The second-order valence-corrected chi connectivity index (χ2v) is 8.62. The third-order valence-corrected chi connectivity index (χ3v) is 6.30. The molecule has 1 aliphatic rings. The van der Waals surface area contributed by atoms with E-state index in [4.69, 9.17) is 23.2 Å². The van der Waals surface area contributed by atoms with Crippen molar-refractivity contribution in [3.63, 3.8) is 0 Å². The van der Waals surface area contributed by atoms with Gasteiger partial charge in [0.05, 0.1) is 22.9 Å². The summed E-state index contributed by atoms with van der Waals surface area (Å²) in [5.74, 6) is -0.101. The van der Waals surface area contributed by atoms with Gasteiger partial charge in [0.2, 0.25) is 15.9 Å². The first kappa shape index (κ1) is 18.0. The number of hydrogen-bond donors (Lipinski definition) is 1. The fourth-order valence-electron chi connectivity index (χ4n) is 2.68. The highest BCUT2D eigenvalue weighted by Gasteiger charge is 2.30. The summed E-state index contributed by atoms with van der Waals surface area (Å²) in [6.07, 6.45) is 0.753. The molecule has 3 rings (SSSR count). The minimum absolute atomic E-state index is 0.108. The van der Waals surface area contributed by atoms with Crippen molar-refractivity contribution < 1.29 is 13.2 Å². The van der Waals surface area contributed by atoms with Crippen LogP contribution in [0.2, 0.25) is 10.0 Å². The van der Waals surface area contributed by atoms with Crippen LogP contribution in [0.15, 0.2) is 42.5 Å². The highest BCUT2D eigenvalue weighted by molar-refractivity contribution is 7.93. The van der Waals surface area contributed by atoms with Crippen molar-refractivity contribution in [2.75, 3.05) is 21.9 Å². The summed E-state index contributed by atoms with van der Waals surface area (Å²) < 4.78 is 25.5. The lowest BCUT2D eigenvalue weighted by atomic mass is 10.1. The Kier molecular flexibility index (Phi) is 5.22. The molecule has 0 saturated carbocycles. The molecule has 0 unspecified atom stereocenters. The maximum absolute atomic E-state index is 12.2. The Bertz CT molecular complexity index is 899. The molecule has 0 bridgehead atoms. The number of benzene rings is 2. The Morgan fingerprint density at radius 1 is 1.12 bits per heavy atom. The Labute approximate surface area is 156 Å². The number of rotatable bonds is 4. The second kappa shape index (κ2) is 7.23. The van der Waals surface area contributed by atoms with E-state index >= 15 is 0 Å². The van der Waals surface area contributed by atoms with Crippen molar-refractivity contribution in [3.8, 4) is 0 Å². The van der Waals surface area contributed by atoms with Gasteiger partial charge in [0, 0.05) is 17.3 Å². The van der Waals surface area contributed by atoms with Crippen LogP contribution in [0, 0.1) is 0 Å². The zero-order valence-corrected chi connectivity index (χ0v) is 15.5. The lowest BCUT2D eigenvalue weighted by molar-refractivity contribution is -0.115. The zero-order chi connectivity index (χ0) is 18.0. The molecule has 1 amide bonds. The number of sulfonamides is 1. The lowest BCUT2D eigenvalue weighted by Crippen LogP contribution is -2.25. The monoisotopic (exact) mass is 398 g/mol. The average molecular weight is 399 g/mol. The summed E-state index contributed by atoms with van der Waals surface area (Å²) in [6, 6.07) is 11.8. The van der Waals surface area contributed by atoms with Crippen molar-refractivity contribution in [3.05, 3.63) is 58.1 Å². The topological polar surface area (TPSA) is 66.5 Å². The number of anilines is 2. The standard InChI is InChI=1S/C17H16Cl2N2O3S/c18-13-4-2-12(3-5-13)10-17(22)20-14-6-7-15(19)16(11-14)21-8-1-9-25(21,23)24/h2-7,11H,1,8-10H2,(H,20,22). The SMILES string of the molecule is O=C(Cc1ccc(Cl)cc1)Nc1ccc(Cl)c(N2CCCS2(=O)=O)c1. The van der Waals surface area contributed by atoms with Crippen molar-refractivity contribution in [1.82, 2.24) is 0 Å². The Balaban J connectivity index is 1.76. The van der Waals surface area contributed by atoms with Crippen LogP contribution in [0.5, 0.6) is 0 Å². The number of halogens is 2. The first-order valence-corrected chi connectivity index (χ1v) is 10.1. The van der Waals surface area contributed by atoms with Gasteiger partial charge < -0.3 is 5.32 Å². The van der Waals surface area contributed by atoms with E-state index in [1.807, 2.05) is 0 Å². The molecular weight excluding hydrogens is 383 g/mol. The van der Waals surface area contributed by atoms with E-state index in [-0.39, 0.29) is 18.1 Å². The predicted molar refractivity (Wildman–Crippen MR) is 101 cm³/mol. The van der Waals surface area contributed by atoms with E-state index in [2.05, 4.69) is 5.32 Å². The second-order valence-electron chi connectivity index (χ2n) is 5.76. The minimum atomic E-state index is -3.34. The molecule has 0 spiro atoms. The third kappa shape index (κ3) is 4.26. The van der Waals surface area contributed by atoms with Crippen LogP contribution in [-0.2, 0) is 21.2 Å². The molecule has 0 radical (unpaired) electrons. The molecular formula is C17H16Cl2N2O3S. The number of carbonyl (C=O) groups excluding carboxylic acids is 1. The van der Waals surface area contributed by atoms with Gasteiger partial charge in [-0.2, -0.15) is 0 Å². The summed E-state index contributed by atoms with van der Waals surface area (Å²) in [5, 5.41) is 3.72. The summed E-state index contributed by atoms with van der Waals surface area (Å²) in [4.78, 5) is 12.2. The summed E-state index contributed by atoms with van der Waals surface area (Å²) in [5.41, 5.74) is 1.72. The van der Waals surface area contributed by atoms with Gasteiger partial charge in [0.15, 0.2) is 0 Å². The van der Waals surface area contributed by atoms with Crippen molar-refractivity contribution in [2.45, 2.75) is 12.8 Å². The third-order valence-electron chi connectivity index (χ3n) is 3.88. The van der Waals surface area contributed by atoms with Crippen molar-refractivity contribution in [1.29, 1.82) is 0 Å². The van der Waals surface area contributed by atoms with Crippen LogP contribution in [0.25, 0.3) is 0 Å². The molecule has 1 saturated heterocycles.